The van der Waals surface area contributed by atoms with Crippen molar-refractivity contribution in [3.63, 3.8) is 0 Å². The minimum Gasteiger partial charge on any atom is -0.494 e. The van der Waals surface area contributed by atoms with Gasteiger partial charge in [0.25, 0.3) is 0 Å². The summed E-state index contributed by atoms with van der Waals surface area (Å²) in [6.07, 6.45) is 3.16. The van der Waals surface area contributed by atoms with Crippen molar-refractivity contribution in [1.29, 1.82) is 0 Å². The third kappa shape index (κ3) is 3.96. The number of carbonyl (C=O) groups is 1. The molecule has 4 rings (SSSR count). The first-order valence-corrected chi connectivity index (χ1v) is 10.6. The molecular formula is C24H27F2N3O3. The Morgan fingerprint density at radius 3 is 2.47 bits per heavy atom. The number of anilines is 1. The van der Waals surface area contributed by atoms with E-state index in [0.29, 0.717) is 18.5 Å². The molecule has 1 saturated heterocycles. The summed E-state index contributed by atoms with van der Waals surface area (Å²) in [4.78, 5) is 11.8. The Morgan fingerprint density at radius 2 is 1.81 bits per heavy atom. The Kier molecular flexibility index (Phi) is 6.43. The van der Waals surface area contributed by atoms with E-state index in [2.05, 4.69) is 22.7 Å². The number of carbonyl (C=O) groups excluding carboxylic acids is 1. The number of amides is 1. The minimum atomic E-state index is -0.672. The summed E-state index contributed by atoms with van der Waals surface area (Å²) >= 11 is 0. The molecule has 1 heterocycles. The first-order chi connectivity index (χ1) is 15.5. The normalized spacial score (nSPS) is 24.5. The molecule has 2 aliphatic rings. The largest absolute Gasteiger partial charge is 0.494 e. The van der Waals surface area contributed by atoms with Gasteiger partial charge in [0, 0.05) is 23.4 Å². The molecule has 3 N–H and O–H groups in total. The predicted molar refractivity (Wildman–Crippen MR) is 118 cm³/mol. The zero-order valence-electron chi connectivity index (χ0n) is 18.1. The summed E-state index contributed by atoms with van der Waals surface area (Å²) < 4.78 is 40.2. The van der Waals surface area contributed by atoms with Gasteiger partial charge in [0.15, 0.2) is 23.1 Å². The van der Waals surface area contributed by atoms with Gasteiger partial charge in [-0.05, 0) is 48.8 Å². The molecule has 1 aliphatic carbocycles. The van der Waals surface area contributed by atoms with Gasteiger partial charge < -0.3 is 14.8 Å². The van der Waals surface area contributed by atoms with Crippen LogP contribution in [-0.4, -0.2) is 26.2 Å². The molecule has 2 fully saturated rings. The molecule has 0 bridgehead atoms. The fourth-order valence-corrected chi connectivity index (χ4v) is 4.96. The number of halogens is 2. The van der Waals surface area contributed by atoms with Gasteiger partial charge >= 0.3 is 0 Å². The van der Waals surface area contributed by atoms with Crippen LogP contribution in [0.3, 0.4) is 0 Å². The van der Waals surface area contributed by atoms with Gasteiger partial charge in [0.2, 0.25) is 5.91 Å². The van der Waals surface area contributed by atoms with Crippen LogP contribution in [0.15, 0.2) is 43.0 Å². The maximum Gasteiger partial charge on any atom is 0.247 e. The first kappa shape index (κ1) is 22.2. The van der Waals surface area contributed by atoms with Crippen LogP contribution in [0, 0.1) is 17.6 Å². The highest BCUT2D eigenvalue weighted by Gasteiger charge is 2.43. The van der Waals surface area contributed by atoms with Gasteiger partial charge in [0.1, 0.15) is 0 Å². The molecule has 1 amide bonds. The molecule has 0 aromatic heterocycles. The summed E-state index contributed by atoms with van der Waals surface area (Å²) in [6.45, 7) is 3.51. The second-order valence-electron chi connectivity index (χ2n) is 8.15. The lowest BCUT2D eigenvalue weighted by molar-refractivity contribution is -0.111. The molecule has 6 nitrogen and oxygen atoms in total. The third-order valence-electron chi connectivity index (χ3n) is 6.51. The summed E-state index contributed by atoms with van der Waals surface area (Å²) in [5.41, 5.74) is 8.33. The van der Waals surface area contributed by atoms with Crippen molar-refractivity contribution in [2.45, 2.75) is 37.3 Å². The SMILES string of the molecule is C=CC(=O)Nc1ccccc1C1NNC2CC(c3c(F)c(OC)cc(OC)c3F)CCC21. The van der Waals surface area contributed by atoms with Crippen molar-refractivity contribution < 1.29 is 23.0 Å². The van der Waals surface area contributed by atoms with Crippen LogP contribution in [0.1, 0.15) is 42.3 Å². The van der Waals surface area contributed by atoms with Gasteiger partial charge in [-0.15, -0.1) is 0 Å². The van der Waals surface area contributed by atoms with Gasteiger partial charge in [-0.25, -0.2) is 14.2 Å². The van der Waals surface area contributed by atoms with Crippen LogP contribution in [0.5, 0.6) is 11.5 Å². The van der Waals surface area contributed by atoms with Crippen LogP contribution in [-0.2, 0) is 4.79 Å². The number of methoxy groups -OCH3 is 2. The predicted octanol–water partition coefficient (Wildman–Crippen LogP) is 4.21. The first-order valence-electron chi connectivity index (χ1n) is 10.6. The molecular weight excluding hydrogens is 416 g/mol. The molecule has 0 radical (unpaired) electrons. The van der Waals surface area contributed by atoms with Crippen LogP contribution in [0.25, 0.3) is 0 Å². The number of nitrogens with one attached hydrogen (secondary N) is 3. The summed E-state index contributed by atoms with van der Waals surface area (Å²) in [5, 5.41) is 2.86. The maximum absolute atomic E-state index is 15.0. The molecule has 1 saturated carbocycles. The number of rotatable bonds is 6. The number of hydrogen-bond donors (Lipinski definition) is 3. The van der Waals surface area contributed by atoms with Crippen LogP contribution >= 0.6 is 0 Å². The highest BCUT2D eigenvalue weighted by atomic mass is 19.1. The lowest BCUT2D eigenvalue weighted by atomic mass is 9.72. The monoisotopic (exact) mass is 443 g/mol. The molecule has 0 spiro atoms. The lowest BCUT2D eigenvalue weighted by Crippen LogP contribution is -2.36. The number of hydrogen-bond acceptors (Lipinski definition) is 5. The molecule has 170 valence electrons. The molecule has 32 heavy (non-hydrogen) atoms. The average molecular weight is 443 g/mol. The molecule has 2 aromatic carbocycles. The average Bonchev–Trinajstić information content (AvgIpc) is 3.23. The topological polar surface area (TPSA) is 71.6 Å². The maximum atomic E-state index is 15.0. The van der Waals surface area contributed by atoms with Gasteiger partial charge in [-0.2, -0.15) is 0 Å². The summed E-state index contributed by atoms with van der Waals surface area (Å²) in [6, 6.07) is 8.81. The van der Waals surface area contributed by atoms with E-state index in [1.165, 1.54) is 26.4 Å². The Labute approximate surface area is 186 Å². The molecule has 2 aromatic rings. The standard InChI is InChI=1S/C24H27F2N3O3/c1-4-20(30)27-16-8-6-5-7-14(16)24-15-10-9-13(11-17(15)28-29-24)21-22(25)18(31-2)12-19(32-3)23(21)26/h4-8,12-13,15,17,24,28-29H,1,9-11H2,2-3H3,(H,27,30). The zero-order valence-corrected chi connectivity index (χ0v) is 18.1. The molecule has 1 aliphatic heterocycles. The fourth-order valence-electron chi connectivity index (χ4n) is 4.96. The van der Waals surface area contributed by atoms with Crippen molar-refractivity contribution in [2.24, 2.45) is 5.92 Å². The highest BCUT2D eigenvalue weighted by molar-refractivity contribution is 5.99. The third-order valence-corrected chi connectivity index (χ3v) is 6.51. The second kappa shape index (κ2) is 9.26. The molecule has 4 atom stereocenters. The van der Waals surface area contributed by atoms with Crippen LogP contribution in [0.4, 0.5) is 14.5 Å². The van der Waals surface area contributed by atoms with E-state index >= 15 is 8.78 Å². The number of hydrazine groups is 1. The van der Waals surface area contributed by atoms with E-state index in [0.717, 1.165) is 12.0 Å². The van der Waals surface area contributed by atoms with Crippen molar-refractivity contribution in [3.05, 3.63) is 65.7 Å². The van der Waals surface area contributed by atoms with E-state index in [4.69, 9.17) is 9.47 Å². The quantitative estimate of drug-likeness (QED) is 0.584. The zero-order chi connectivity index (χ0) is 22.8. The van der Waals surface area contributed by atoms with Gasteiger partial charge in [-0.1, -0.05) is 24.8 Å². The van der Waals surface area contributed by atoms with E-state index in [1.54, 1.807) is 0 Å². The smallest absolute Gasteiger partial charge is 0.247 e. The van der Waals surface area contributed by atoms with Gasteiger partial charge in [-0.3, -0.25) is 10.2 Å². The van der Waals surface area contributed by atoms with E-state index in [9.17, 15) is 4.79 Å². The second-order valence-corrected chi connectivity index (χ2v) is 8.15. The van der Waals surface area contributed by atoms with E-state index < -0.39 is 11.6 Å². The van der Waals surface area contributed by atoms with Crippen molar-refractivity contribution in [2.75, 3.05) is 19.5 Å². The Hall–Kier alpha value is -2.97. The van der Waals surface area contributed by atoms with Crippen molar-refractivity contribution in [1.82, 2.24) is 10.9 Å². The fraction of sp³-hybridized carbons (Fsp3) is 0.375. The summed E-state index contributed by atoms with van der Waals surface area (Å²) in [7, 11) is 2.71. The Balaban J connectivity index is 1.58. The summed E-state index contributed by atoms with van der Waals surface area (Å²) in [5.74, 6) is -1.79. The number of para-hydroxylation sites is 1. The van der Waals surface area contributed by atoms with Gasteiger partial charge in [0.05, 0.1) is 20.3 Å². The molecule has 8 heteroatoms. The number of ether oxygens (including phenoxy) is 2. The number of benzene rings is 2. The highest BCUT2D eigenvalue weighted by Crippen LogP contribution is 2.47. The lowest BCUT2D eigenvalue weighted by Gasteiger charge is -2.34. The Morgan fingerprint density at radius 1 is 1.12 bits per heavy atom. The van der Waals surface area contributed by atoms with Crippen molar-refractivity contribution >= 4 is 11.6 Å². The van der Waals surface area contributed by atoms with E-state index in [1.807, 2.05) is 24.3 Å². The minimum absolute atomic E-state index is 0.0120. The van der Waals surface area contributed by atoms with Crippen LogP contribution in [0.2, 0.25) is 0 Å². The Bertz CT molecular complexity index is 1000. The number of fused-ring (bicyclic) bond motifs is 1. The van der Waals surface area contributed by atoms with E-state index in [-0.39, 0.29) is 46.9 Å². The van der Waals surface area contributed by atoms with Crippen LogP contribution < -0.4 is 25.6 Å². The van der Waals surface area contributed by atoms with Crippen molar-refractivity contribution in [3.8, 4) is 11.5 Å². The molecule has 4 unspecified atom stereocenters.